The summed E-state index contributed by atoms with van der Waals surface area (Å²) >= 11 is 0. The molecule has 1 aromatic heterocycles. The highest BCUT2D eigenvalue weighted by Gasteiger charge is 2.36. The number of carboxylic acids is 1. The second-order valence-electron chi connectivity index (χ2n) is 6.55. The van der Waals surface area contributed by atoms with Crippen molar-refractivity contribution in [3.05, 3.63) is 63.8 Å². The highest BCUT2D eigenvalue weighted by Crippen LogP contribution is 2.30. The Bertz CT molecular complexity index is 876. The third-order valence-corrected chi connectivity index (χ3v) is 4.62. The standard InChI is InChI=1S/C20H24N2O5/c1-4-27-19(26)20(3,15-8-6-5-7-9-15)11-10-16-18(25)22(13-17(23)24)14(2)12-21-16/h5-9,12H,4,10-11,13H2,1-3H3,(H,23,24). The minimum atomic E-state index is -1.10. The van der Waals surface area contributed by atoms with Gasteiger partial charge >= 0.3 is 11.9 Å². The van der Waals surface area contributed by atoms with Gasteiger partial charge in [0.05, 0.1) is 12.0 Å². The second kappa shape index (κ2) is 8.62. The Morgan fingerprint density at radius 3 is 2.52 bits per heavy atom. The van der Waals surface area contributed by atoms with Crippen LogP contribution in [0.1, 0.15) is 37.2 Å². The second-order valence-corrected chi connectivity index (χ2v) is 6.55. The average molecular weight is 372 g/mol. The number of carboxylic acid groups (broad SMARTS) is 1. The van der Waals surface area contributed by atoms with Crippen LogP contribution in [0.5, 0.6) is 0 Å². The number of benzene rings is 1. The number of carbonyl (C=O) groups is 2. The molecule has 0 aliphatic heterocycles. The number of hydrogen-bond acceptors (Lipinski definition) is 5. The molecule has 0 aliphatic carbocycles. The Balaban J connectivity index is 2.34. The van der Waals surface area contributed by atoms with Gasteiger partial charge in [0.1, 0.15) is 12.2 Å². The fourth-order valence-corrected chi connectivity index (χ4v) is 2.94. The van der Waals surface area contributed by atoms with Crippen molar-refractivity contribution in [3.63, 3.8) is 0 Å². The van der Waals surface area contributed by atoms with E-state index in [-0.39, 0.29) is 24.7 Å². The summed E-state index contributed by atoms with van der Waals surface area (Å²) in [6.07, 6.45) is 2.01. The van der Waals surface area contributed by atoms with E-state index in [0.717, 1.165) is 5.56 Å². The molecule has 1 N–H and O–H groups in total. The zero-order valence-electron chi connectivity index (χ0n) is 15.8. The lowest BCUT2D eigenvalue weighted by Crippen LogP contribution is -2.36. The van der Waals surface area contributed by atoms with E-state index in [2.05, 4.69) is 4.98 Å². The summed E-state index contributed by atoms with van der Waals surface area (Å²) < 4.78 is 6.43. The Morgan fingerprint density at radius 1 is 1.26 bits per heavy atom. The zero-order chi connectivity index (χ0) is 20.0. The molecule has 1 aromatic carbocycles. The Labute approximate surface area is 157 Å². The van der Waals surface area contributed by atoms with Crippen molar-refractivity contribution < 1.29 is 19.4 Å². The van der Waals surface area contributed by atoms with Gasteiger partial charge in [-0.15, -0.1) is 0 Å². The SMILES string of the molecule is CCOC(=O)C(C)(CCc1ncc(C)n(CC(=O)O)c1=O)c1ccccc1. The van der Waals surface area contributed by atoms with Crippen LogP contribution in [0.3, 0.4) is 0 Å². The predicted octanol–water partition coefficient (Wildman–Crippen LogP) is 2.09. The third kappa shape index (κ3) is 4.61. The van der Waals surface area contributed by atoms with Crippen LogP contribution in [0.25, 0.3) is 0 Å². The summed E-state index contributed by atoms with van der Waals surface area (Å²) in [5, 5.41) is 9.01. The van der Waals surface area contributed by atoms with Crippen molar-refractivity contribution in [2.45, 2.75) is 45.6 Å². The summed E-state index contributed by atoms with van der Waals surface area (Å²) in [5.74, 6) is -1.47. The smallest absolute Gasteiger partial charge is 0.323 e. The van der Waals surface area contributed by atoms with Crippen LogP contribution in [0.15, 0.2) is 41.3 Å². The number of carbonyl (C=O) groups excluding carboxylic acids is 1. The molecule has 7 heteroatoms. The molecule has 0 bridgehead atoms. The molecule has 2 rings (SSSR count). The molecule has 2 aromatic rings. The monoisotopic (exact) mass is 372 g/mol. The molecule has 0 amide bonds. The van der Waals surface area contributed by atoms with Gasteiger partial charge in [0.2, 0.25) is 0 Å². The van der Waals surface area contributed by atoms with Crippen LogP contribution in [-0.2, 0) is 32.7 Å². The normalized spacial score (nSPS) is 13.0. The van der Waals surface area contributed by atoms with Crippen LogP contribution in [-0.4, -0.2) is 33.2 Å². The predicted molar refractivity (Wildman–Crippen MR) is 99.6 cm³/mol. The van der Waals surface area contributed by atoms with E-state index in [9.17, 15) is 14.4 Å². The average Bonchev–Trinajstić information content (AvgIpc) is 2.65. The summed E-state index contributed by atoms with van der Waals surface area (Å²) in [6, 6.07) is 9.25. The lowest BCUT2D eigenvalue weighted by molar-refractivity contribution is -0.149. The van der Waals surface area contributed by atoms with Gasteiger partial charge in [-0.2, -0.15) is 0 Å². The van der Waals surface area contributed by atoms with Crippen LogP contribution < -0.4 is 5.56 Å². The molecule has 7 nitrogen and oxygen atoms in total. The molecule has 0 fully saturated rings. The van der Waals surface area contributed by atoms with Gasteiger partial charge in [-0.1, -0.05) is 30.3 Å². The number of ether oxygens (including phenoxy) is 1. The molecule has 1 heterocycles. The van der Waals surface area contributed by atoms with E-state index < -0.39 is 23.5 Å². The van der Waals surface area contributed by atoms with Crippen molar-refractivity contribution in [2.75, 3.05) is 6.61 Å². The number of esters is 1. The molecule has 0 spiro atoms. The largest absolute Gasteiger partial charge is 0.480 e. The van der Waals surface area contributed by atoms with Gasteiger partial charge in [0.25, 0.3) is 5.56 Å². The maximum absolute atomic E-state index is 12.6. The minimum absolute atomic E-state index is 0.225. The first-order chi connectivity index (χ1) is 12.8. The fraction of sp³-hybridized carbons (Fsp3) is 0.400. The Hall–Kier alpha value is -2.96. The quantitative estimate of drug-likeness (QED) is 0.713. The van der Waals surface area contributed by atoms with E-state index >= 15 is 0 Å². The maximum Gasteiger partial charge on any atom is 0.323 e. The summed E-state index contributed by atoms with van der Waals surface area (Å²) in [4.78, 5) is 40.4. The van der Waals surface area contributed by atoms with E-state index in [0.29, 0.717) is 12.1 Å². The lowest BCUT2D eigenvalue weighted by Gasteiger charge is -2.27. The Kier molecular flexibility index (Phi) is 6.50. The molecule has 1 unspecified atom stereocenters. The molecule has 0 saturated heterocycles. The van der Waals surface area contributed by atoms with Crippen molar-refractivity contribution in [2.24, 2.45) is 0 Å². The molecule has 0 saturated carbocycles. The number of hydrogen-bond donors (Lipinski definition) is 1. The van der Waals surface area contributed by atoms with Crippen molar-refractivity contribution >= 4 is 11.9 Å². The van der Waals surface area contributed by atoms with Gasteiger partial charge in [0, 0.05) is 11.9 Å². The highest BCUT2D eigenvalue weighted by atomic mass is 16.5. The van der Waals surface area contributed by atoms with Crippen LogP contribution in [0.2, 0.25) is 0 Å². The van der Waals surface area contributed by atoms with E-state index in [4.69, 9.17) is 9.84 Å². The molecule has 144 valence electrons. The van der Waals surface area contributed by atoms with Gasteiger partial charge in [-0.3, -0.25) is 23.9 Å². The van der Waals surface area contributed by atoms with Crippen molar-refractivity contribution in [3.8, 4) is 0 Å². The van der Waals surface area contributed by atoms with Crippen molar-refractivity contribution in [1.82, 2.24) is 9.55 Å². The molecular formula is C20H24N2O5. The minimum Gasteiger partial charge on any atom is -0.480 e. The molecule has 0 aliphatic rings. The molecular weight excluding hydrogens is 348 g/mol. The molecule has 27 heavy (non-hydrogen) atoms. The number of nitrogens with zero attached hydrogens (tertiary/aromatic N) is 2. The van der Waals surface area contributed by atoms with E-state index in [1.807, 2.05) is 30.3 Å². The number of aliphatic carboxylic acids is 1. The first kappa shape index (κ1) is 20.4. The van der Waals surface area contributed by atoms with E-state index in [1.54, 1.807) is 20.8 Å². The van der Waals surface area contributed by atoms with Crippen LogP contribution in [0.4, 0.5) is 0 Å². The van der Waals surface area contributed by atoms with Gasteiger partial charge in [-0.05, 0) is 39.2 Å². The fourth-order valence-electron chi connectivity index (χ4n) is 2.94. The van der Waals surface area contributed by atoms with Gasteiger partial charge < -0.3 is 9.84 Å². The Morgan fingerprint density at radius 2 is 1.93 bits per heavy atom. The van der Waals surface area contributed by atoms with Gasteiger partial charge in [-0.25, -0.2) is 0 Å². The topological polar surface area (TPSA) is 98.5 Å². The van der Waals surface area contributed by atoms with Crippen molar-refractivity contribution in [1.29, 1.82) is 0 Å². The number of rotatable bonds is 8. The lowest BCUT2D eigenvalue weighted by atomic mass is 9.78. The number of aryl methyl sites for hydroxylation is 2. The van der Waals surface area contributed by atoms with E-state index in [1.165, 1.54) is 10.8 Å². The first-order valence-corrected chi connectivity index (χ1v) is 8.79. The number of aromatic nitrogens is 2. The highest BCUT2D eigenvalue weighted by molar-refractivity contribution is 5.82. The van der Waals surface area contributed by atoms with Gasteiger partial charge in [0.15, 0.2) is 0 Å². The molecule has 1 atom stereocenters. The summed E-state index contributed by atoms with van der Waals surface area (Å²) in [7, 11) is 0. The van der Waals surface area contributed by atoms with Crippen LogP contribution >= 0.6 is 0 Å². The first-order valence-electron chi connectivity index (χ1n) is 8.79. The third-order valence-electron chi connectivity index (χ3n) is 4.62. The van der Waals surface area contributed by atoms with Crippen LogP contribution in [0, 0.1) is 6.92 Å². The zero-order valence-corrected chi connectivity index (χ0v) is 15.8. The molecule has 0 radical (unpaired) electrons. The summed E-state index contributed by atoms with van der Waals surface area (Å²) in [5.41, 5.74) is 0.113. The summed E-state index contributed by atoms with van der Waals surface area (Å²) in [6.45, 7) is 5.00. The maximum atomic E-state index is 12.6.